The van der Waals surface area contributed by atoms with E-state index in [9.17, 15) is 0 Å². The minimum Gasteiger partial charge on any atom is -0.454 e. The Morgan fingerprint density at radius 2 is 1.94 bits per heavy atom. The number of allylic oxidation sites excluding steroid dienone is 1. The van der Waals surface area contributed by atoms with Crippen LogP contribution >= 0.6 is 0 Å². The molecule has 0 unspecified atom stereocenters. The number of benzene rings is 1. The van der Waals surface area contributed by atoms with Crippen LogP contribution in [0.4, 0.5) is 0 Å². The number of rotatable bonds is 3. The second kappa shape index (κ2) is 3.98. The second-order valence-electron chi connectivity index (χ2n) is 5.41. The molecule has 0 saturated heterocycles. The van der Waals surface area contributed by atoms with Crippen molar-refractivity contribution in [2.75, 3.05) is 6.79 Å². The van der Waals surface area contributed by atoms with Crippen molar-refractivity contribution in [2.24, 2.45) is 0 Å². The summed E-state index contributed by atoms with van der Waals surface area (Å²) < 4.78 is 10.7. The van der Waals surface area contributed by atoms with Gasteiger partial charge in [0.2, 0.25) is 6.79 Å². The van der Waals surface area contributed by atoms with E-state index in [0.29, 0.717) is 6.79 Å². The Balaban J connectivity index is 2.19. The molecule has 0 bridgehead atoms. The molecule has 1 aromatic carbocycles. The van der Waals surface area contributed by atoms with E-state index >= 15 is 0 Å². The van der Waals surface area contributed by atoms with E-state index in [1.807, 2.05) is 12.1 Å². The van der Waals surface area contributed by atoms with Gasteiger partial charge in [-0.15, -0.1) is 0 Å². The number of ether oxygens (including phenoxy) is 2. The van der Waals surface area contributed by atoms with E-state index in [2.05, 4.69) is 32.3 Å². The fourth-order valence-electron chi connectivity index (χ4n) is 1.86. The van der Waals surface area contributed by atoms with E-state index in [1.165, 1.54) is 11.1 Å². The van der Waals surface area contributed by atoms with Gasteiger partial charge in [0.05, 0.1) is 0 Å². The number of fused-ring (bicyclic) bond motifs is 1. The van der Waals surface area contributed by atoms with Crippen LogP contribution in [-0.4, -0.2) is 14.9 Å². The Bertz CT molecular complexity index is 418. The van der Waals surface area contributed by atoms with Gasteiger partial charge in [-0.25, -0.2) is 0 Å². The predicted octanol–water partition coefficient (Wildman–Crippen LogP) is 3.77. The van der Waals surface area contributed by atoms with Gasteiger partial charge in [0.15, 0.2) is 11.5 Å². The topological polar surface area (TPSA) is 18.5 Å². The Hall–Kier alpha value is -1.22. The molecule has 16 heavy (non-hydrogen) atoms. The second-order valence-corrected chi connectivity index (χ2v) is 10.9. The summed E-state index contributed by atoms with van der Waals surface area (Å²) in [5.41, 5.74) is 2.38. The molecule has 1 aliphatic rings. The first-order valence-corrected chi connectivity index (χ1v) is 9.24. The first-order valence-electron chi connectivity index (χ1n) is 5.53. The lowest BCUT2D eigenvalue weighted by molar-refractivity contribution is 0.174. The molecule has 0 fully saturated rings. The molecule has 0 spiro atoms. The molecule has 0 aliphatic carbocycles. The Morgan fingerprint density at radius 3 is 2.62 bits per heavy atom. The Kier molecular flexibility index (Phi) is 2.80. The maximum Gasteiger partial charge on any atom is 0.231 e. The van der Waals surface area contributed by atoms with Gasteiger partial charge in [0, 0.05) is 8.07 Å². The molecule has 1 heterocycles. The van der Waals surface area contributed by atoms with Crippen molar-refractivity contribution >= 4 is 13.6 Å². The van der Waals surface area contributed by atoms with Crippen LogP contribution in [-0.2, 0) is 0 Å². The highest BCUT2D eigenvalue weighted by Gasteiger charge is 2.18. The van der Waals surface area contributed by atoms with Crippen LogP contribution in [0.2, 0.25) is 25.7 Å². The molecule has 0 aromatic heterocycles. The standard InChI is InChI=1S/C13H18O2Si/c1-10(8-16(2,3)4)11-5-6-12-13(7-11)15-9-14-12/h5-7H,1,8-9H2,2-4H3. The third-order valence-electron chi connectivity index (χ3n) is 2.52. The van der Waals surface area contributed by atoms with E-state index in [0.717, 1.165) is 17.5 Å². The van der Waals surface area contributed by atoms with E-state index < -0.39 is 8.07 Å². The summed E-state index contributed by atoms with van der Waals surface area (Å²) in [6.45, 7) is 11.6. The van der Waals surface area contributed by atoms with Crippen molar-refractivity contribution in [3.05, 3.63) is 30.3 Å². The molecule has 86 valence electrons. The van der Waals surface area contributed by atoms with E-state index in [-0.39, 0.29) is 0 Å². The van der Waals surface area contributed by atoms with Gasteiger partial charge in [0.1, 0.15) is 0 Å². The first kappa shape index (κ1) is 11.3. The summed E-state index contributed by atoms with van der Waals surface area (Å²) in [6.07, 6.45) is 0. The molecule has 0 radical (unpaired) electrons. The van der Waals surface area contributed by atoms with Gasteiger partial charge in [-0.05, 0) is 23.7 Å². The average Bonchev–Trinajstić information content (AvgIpc) is 2.61. The number of hydrogen-bond donors (Lipinski definition) is 0. The Labute approximate surface area is 97.9 Å². The maximum atomic E-state index is 5.37. The largest absolute Gasteiger partial charge is 0.454 e. The van der Waals surface area contributed by atoms with Crippen LogP contribution in [0.25, 0.3) is 5.57 Å². The van der Waals surface area contributed by atoms with Crippen LogP contribution in [0.1, 0.15) is 5.56 Å². The molecule has 2 nitrogen and oxygen atoms in total. The lowest BCUT2D eigenvalue weighted by atomic mass is 10.1. The molecular formula is C13H18O2Si. The molecule has 3 heteroatoms. The molecule has 1 aliphatic heterocycles. The first-order chi connectivity index (χ1) is 7.46. The van der Waals surface area contributed by atoms with Crippen LogP contribution in [0.3, 0.4) is 0 Å². The van der Waals surface area contributed by atoms with Gasteiger partial charge in [0.25, 0.3) is 0 Å². The monoisotopic (exact) mass is 234 g/mol. The van der Waals surface area contributed by atoms with Gasteiger partial charge in [-0.3, -0.25) is 0 Å². The highest BCUT2D eigenvalue weighted by Crippen LogP contribution is 2.35. The predicted molar refractivity (Wildman–Crippen MR) is 69.8 cm³/mol. The zero-order valence-electron chi connectivity index (χ0n) is 10.2. The molecule has 0 atom stereocenters. The summed E-state index contributed by atoms with van der Waals surface area (Å²) in [4.78, 5) is 0. The fraction of sp³-hybridized carbons (Fsp3) is 0.385. The summed E-state index contributed by atoms with van der Waals surface area (Å²) >= 11 is 0. The highest BCUT2D eigenvalue weighted by molar-refractivity contribution is 6.77. The fourth-order valence-corrected chi connectivity index (χ4v) is 3.34. The van der Waals surface area contributed by atoms with Gasteiger partial charge < -0.3 is 9.47 Å². The van der Waals surface area contributed by atoms with Crippen molar-refractivity contribution in [3.8, 4) is 11.5 Å². The van der Waals surface area contributed by atoms with Crippen LogP contribution in [0, 0.1) is 0 Å². The average molecular weight is 234 g/mol. The summed E-state index contributed by atoms with van der Waals surface area (Å²) in [5.74, 6) is 1.68. The van der Waals surface area contributed by atoms with Gasteiger partial charge in [-0.1, -0.05) is 37.9 Å². The highest BCUT2D eigenvalue weighted by atomic mass is 28.3. The van der Waals surface area contributed by atoms with E-state index in [4.69, 9.17) is 9.47 Å². The third kappa shape index (κ3) is 2.47. The zero-order chi connectivity index (χ0) is 11.8. The Morgan fingerprint density at radius 1 is 1.25 bits per heavy atom. The van der Waals surface area contributed by atoms with Crippen LogP contribution in [0.5, 0.6) is 11.5 Å². The molecular weight excluding hydrogens is 216 g/mol. The normalized spacial score (nSPS) is 13.9. The SMILES string of the molecule is C=C(C[Si](C)(C)C)c1ccc2c(c1)OCO2. The molecule has 0 amide bonds. The summed E-state index contributed by atoms with van der Waals surface area (Å²) in [5, 5.41) is 0. The van der Waals surface area contributed by atoms with E-state index in [1.54, 1.807) is 0 Å². The zero-order valence-corrected chi connectivity index (χ0v) is 11.2. The number of hydrogen-bond acceptors (Lipinski definition) is 2. The minimum atomic E-state index is -1.10. The lowest BCUT2D eigenvalue weighted by Gasteiger charge is -2.17. The van der Waals surface area contributed by atoms with Crippen molar-refractivity contribution < 1.29 is 9.47 Å². The van der Waals surface area contributed by atoms with Crippen molar-refractivity contribution in [2.45, 2.75) is 25.7 Å². The van der Waals surface area contributed by atoms with Crippen LogP contribution < -0.4 is 9.47 Å². The summed E-state index contributed by atoms with van der Waals surface area (Å²) in [7, 11) is -1.10. The van der Waals surface area contributed by atoms with Crippen molar-refractivity contribution in [1.82, 2.24) is 0 Å². The molecule has 0 saturated carbocycles. The summed E-state index contributed by atoms with van der Waals surface area (Å²) in [6, 6.07) is 7.18. The quantitative estimate of drug-likeness (QED) is 0.741. The van der Waals surface area contributed by atoms with Crippen LogP contribution in [0.15, 0.2) is 24.8 Å². The molecule has 2 rings (SSSR count). The van der Waals surface area contributed by atoms with Gasteiger partial charge >= 0.3 is 0 Å². The minimum absolute atomic E-state index is 0.333. The van der Waals surface area contributed by atoms with Crippen molar-refractivity contribution in [3.63, 3.8) is 0 Å². The molecule has 0 N–H and O–H groups in total. The third-order valence-corrected chi connectivity index (χ3v) is 4.01. The lowest BCUT2D eigenvalue weighted by Crippen LogP contribution is -2.19. The van der Waals surface area contributed by atoms with Crippen molar-refractivity contribution in [1.29, 1.82) is 0 Å². The maximum absolute atomic E-state index is 5.37. The smallest absolute Gasteiger partial charge is 0.231 e. The van der Waals surface area contributed by atoms with Gasteiger partial charge in [-0.2, -0.15) is 0 Å². The molecule has 1 aromatic rings.